The molecule has 0 unspecified atom stereocenters. The highest BCUT2D eigenvalue weighted by Gasteiger charge is 2.02. The summed E-state index contributed by atoms with van der Waals surface area (Å²) in [5.41, 5.74) is 0. The fourth-order valence-corrected chi connectivity index (χ4v) is 1.70. The molecular weight excluding hydrogens is 272 g/mol. The minimum Gasteiger partial charge on any atom is -0.463 e. The fraction of sp³-hybridized carbons (Fsp3) is 0.750. The molecule has 0 saturated carbocycles. The summed E-state index contributed by atoms with van der Waals surface area (Å²) in [4.78, 5) is 22.1. The van der Waals surface area contributed by atoms with Gasteiger partial charge in [-0.1, -0.05) is 45.6 Å². The van der Waals surface area contributed by atoms with E-state index in [1.807, 2.05) is 0 Å². The number of unbranched alkanes of at least 4 members (excludes halogenated alkanes) is 5. The van der Waals surface area contributed by atoms with E-state index < -0.39 is 5.97 Å². The highest BCUT2D eigenvalue weighted by Crippen LogP contribution is 2.07. The van der Waals surface area contributed by atoms with Crippen molar-refractivity contribution in [3.8, 4) is 0 Å². The summed E-state index contributed by atoms with van der Waals surface area (Å²) < 4.78 is 14.9. The summed E-state index contributed by atoms with van der Waals surface area (Å²) in [7, 11) is 0. The number of ether oxygens (including phenoxy) is 3. The molecule has 21 heavy (non-hydrogen) atoms. The van der Waals surface area contributed by atoms with E-state index in [2.05, 4.69) is 13.5 Å². The smallest absolute Gasteiger partial charge is 0.330 e. The molecule has 122 valence electrons. The Labute approximate surface area is 127 Å². The molecule has 0 rings (SSSR count). The zero-order valence-corrected chi connectivity index (χ0v) is 13.1. The van der Waals surface area contributed by atoms with Crippen molar-refractivity contribution in [3.05, 3.63) is 12.7 Å². The molecule has 0 aliphatic rings. The van der Waals surface area contributed by atoms with E-state index in [9.17, 15) is 9.59 Å². The summed E-state index contributed by atoms with van der Waals surface area (Å²) in [6, 6.07) is 0. The van der Waals surface area contributed by atoms with Crippen molar-refractivity contribution in [2.24, 2.45) is 0 Å². The van der Waals surface area contributed by atoms with Crippen LogP contribution >= 0.6 is 0 Å². The minimum absolute atomic E-state index is 0.174. The maximum atomic E-state index is 11.4. The van der Waals surface area contributed by atoms with Gasteiger partial charge in [-0.15, -0.1) is 0 Å². The van der Waals surface area contributed by atoms with E-state index >= 15 is 0 Å². The van der Waals surface area contributed by atoms with Crippen molar-refractivity contribution < 1.29 is 23.8 Å². The van der Waals surface area contributed by atoms with Crippen LogP contribution in [0.3, 0.4) is 0 Å². The van der Waals surface area contributed by atoms with Gasteiger partial charge in [-0.05, 0) is 6.42 Å². The maximum Gasteiger partial charge on any atom is 0.330 e. The van der Waals surface area contributed by atoms with Gasteiger partial charge < -0.3 is 14.2 Å². The Bertz CT molecular complexity index is 288. The van der Waals surface area contributed by atoms with Crippen molar-refractivity contribution in [3.63, 3.8) is 0 Å². The van der Waals surface area contributed by atoms with Gasteiger partial charge in [0.15, 0.2) is 0 Å². The van der Waals surface area contributed by atoms with E-state index in [-0.39, 0.29) is 25.8 Å². The van der Waals surface area contributed by atoms with Crippen LogP contribution in [0.5, 0.6) is 0 Å². The van der Waals surface area contributed by atoms with E-state index in [0.29, 0.717) is 13.0 Å². The van der Waals surface area contributed by atoms with Crippen LogP contribution in [0.1, 0.15) is 51.9 Å². The van der Waals surface area contributed by atoms with Gasteiger partial charge in [-0.25, -0.2) is 4.79 Å². The molecule has 0 bridgehead atoms. The molecule has 0 aromatic heterocycles. The lowest BCUT2D eigenvalue weighted by Crippen LogP contribution is -2.13. The summed E-state index contributed by atoms with van der Waals surface area (Å²) in [5.74, 6) is -0.642. The predicted molar refractivity (Wildman–Crippen MR) is 80.9 cm³/mol. The van der Waals surface area contributed by atoms with Crippen LogP contribution in [0.2, 0.25) is 0 Å². The third kappa shape index (κ3) is 14.9. The van der Waals surface area contributed by atoms with Crippen molar-refractivity contribution in [1.29, 1.82) is 0 Å². The topological polar surface area (TPSA) is 61.8 Å². The van der Waals surface area contributed by atoms with Crippen molar-refractivity contribution in [1.82, 2.24) is 0 Å². The fourth-order valence-electron chi connectivity index (χ4n) is 1.70. The minimum atomic E-state index is -0.469. The largest absolute Gasteiger partial charge is 0.463 e. The first-order valence-corrected chi connectivity index (χ1v) is 7.73. The first-order chi connectivity index (χ1) is 10.2. The van der Waals surface area contributed by atoms with Gasteiger partial charge in [0.2, 0.25) is 0 Å². The van der Waals surface area contributed by atoms with E-state index in [4.69, 9.17) is 14.2 Å². The molecule has 0 N–H and O–H groups in total. The van der Waals surface area contributed by atoms with Crippen LogP contribution in [0, 0.1) is 0 Å². The maximum absolute atomic E-state index is 11.4. The molecular formula is C16H28O5. The summed E-state index contributed by atoms with van der Waals surface area (Å²) in [6.07, 6.45) is 8.48. The van der Waals surface area contributed by atoms with E-state index in [0.717, 1.165) is 18.9 Å². The van der Waals surface area contributed by atoms with Crippen LogP contribution in [-0.4, -0.2) is 38.4 Å². The number of esters is 2. The van der Waals surface area contributed by atoms with Gasteiger partial charge in [0, 0.05) is 12.5 Å². The third-order valence-corrected chi connectivity index (χ3v) is 2.86. The highest BCUT2D eigenvalue weighted by molar-refractivity contribution is 5.81. The van der Waals surface area contributed by atoms with Crippen LogP contribution < -0.4 is 0 Å². The van der Waals surface area contributed by atoms with Crippen LogP contribution in [0.4, 0.5) is 0 Å². The molecule has 0 atom stereocenters. The number of carbonyl (C=O) groups excluding carboxylic acids is 2. The quantitative estimate of drug-likeness (QED) is 0.280. The van der Waals surface area contributed by atoms with Gasteiger partial charge in [0.1, 0.15) is 13.2 Å². The Balaban J connectivity index is 3.22. The lowest BCUT2D eigenvalue weighted by molar-refractivity contribution is -0.145. The molecule has 0 aliphatic heterocycles. The number of carbonyl (C=O) groups is 2. The molecule has 5 heteroatoms. The molecule has 0 spiro atoms. The Morgan fingerprint density at radius 1 is 0.905 bits per heavy atom. The van der Waals surface area contributed by atoms with Gasteiger partial charge >= 0.3 is 11.9 Å². The molecule has 5 nitrogen and oxygen atoms in total. The summed E-state index contributed by atoms with van der Waals surface area (Å²) in [6.45, 7) is 6.48. The standard InChI is InChI=1S/C16H28O5/c1-3-5-6-7-8-9-10-16(18)21-14-12-19-11-13-20-15(17)4-2/h4H,2-3,5-14H2,1H3. The monoisotopic (exact) mass is 300 g/mol. The van der Waals surface area contributed by atoms with Crippen LogP contribution in [0.15, 0.2) is 12.7 Å². The SMILES string of the molecule is C=CC(=O)OCCOCCOC(=O)CCCCCCCC. The Morgan fingerprint density at radius 2 is 1.52 bits per heavy atom. The molecule has 0 fully saturated rings. The van der Waals surface area contributed by atoms with Crippen LogP contribution in [-0.2, 0) is 23.8 Å². The molecule has 0 aromatic rings. The second kappa shape index (κ2) is 15.0. The van der Waals surface area contributed by atoms with Crippen molar-refractivity contribution in [2.45, 2.75) is 51.9 Å². The van der Waals surface area contributed by atoms with E-state index in [1.54, 1.807) is 0 Å². The first-order valence-electron chi connectivity index (χ1n) is 7.73. The Morgan fingerprint density at radius 3 is 2.19 bits per heavy atom. The van der Waals surface area contributed by atoms with E-state index in [1.165, 1.54) is 25.7 Å². The second-order valence-corrected chi connectivity index (χ2v) is 4.72. The molecule has 0 heterocycles. The summed E-state index contributed by atoms with van der Waals surface area (Å²) in [5, 5.41) is 0. The predicted octanol–water partition coefficient (Wildman–Crippen LogP) is 3.03. The normalized spacial score (nSPS) is 10.1. The number of rotatable bonds is 14. The molecule has 0 radical (unpaired) electrons. The lowest BCUT2D eigenvalue weighted by Gasteiger charge is -2.06. The summed E-state index contributed by atoms with van der Waals surface area (Å²) >= 11 is 0. The third-order valence-electron chi connectivity index (χ3n) is 2.86. The molecule has 0 aromatic carbocycles. The number of hydrogen-bond acceptors (Lipinski definition) is 5. The van der Waals surface area contributed by atoms with Crippen molar-refractivity contribution >= 4 is 11.9 Å². The zero-order valence-electron chi connectivity index (χ0n) is 13.1. The molecule has 0 saturated heterocycles. The van der Waals surface area contributed by atoms with Gasteiger partial charge in [-0.3, -0.25) is 4.79 Å². The van der Waals surface area contributed by atoms with Gasteiger partial charge in [0.05, 0.1) is 13.2 Å². The second-order valence-electron chi connectivity index (χ2n) is 4.72. The first kappa shape index (κ1) is 19.6. The van der Waals surface area contributed by atoms with Gasteiger partial charge in [0.25, 0.3) is 0 Å². The van der Waals surface area contributed by atoms with Crippen LogP contribution in [0.25, 0.3) is 0 Å². The lowest BCUT2D eigenvalue weighted by atomic mass is 10.1. The number of hydrogen-bond donors (Lipinski definition) is 0. The average Bonchev–Trinajstić information content (AvgIpc) is 2.49. The van der Waals surface area contributed by atoms with Crippen molar-refractivity contribution in [2.75, 3.05) is 26.4 Å². The van der Waals surface area contributed by atoms with Gasteiger partial charge in [-0.2, -0.15) is 0 Å². The Hall–Kier alpha value is -1.36. The highest BCUT2D eigenvalue weighted by atomic mass is 16.6. The Kier molecular flexibility index (Phi) is 14.1. The average molecular weight is 300 g/mol. The zero-order chi connectivity index (χ0) is 15.8. The molecule has 0 aliphatic carbocycles. The molecule has 0 amide bonds.